The highest BCUT2D eigenvalue weighted by Crippen LogP contribution is 2.07. The molecule has 0 aliphatic carbocycles. The fraction of sp³-hybridized carbons (Fsp3) is 0.500. The van der Waals surface area contributed by atoms with Gasteiger partial charge in [-0.1, -0.05) is 0 Å². The minimum atomic E-state index is -0.397. The van der Waals surface area contributed by atoms with Crippen molar-refractivity contribution in [1.29, 1.82) is 0 Å². The molecule has 6 nitrogen and oxygen atoms in total. The van der Waals surface area contributed by atoms with Gasteiger partial charge in [-0.2, -0.15) is 0 Å². The molecular formula is C12H18N4O2. The van der Waals surface area contributed by atoms with Gasteiger partial charge in [0.1, 0.15) is 5.69 Å². The Hall–Kier alpha value is -1.66. The molecule has 4 N–H and O–H groups in total. The van der Waals surface area contributed by atoms with Gasteiger partial charge in [-0.05, 0) is 31.5 Å². The van der Waals surface area contributed by atoms with Crippen molar-refractivity contribution in [3.63, 3.8) is 0 Å². The lowest BCUT2D eigenvalue weighted by Gasteiger charge is -2.29. The number of piperidine rings is 1. The van der Waals surface area contributed by atoms with E-state index < -0.39 is 5.91 Å². The molecule has 1 fully saturated rings. The first kappa shape index (κ1) is 12.8. The van der Waals surface area contributed by atoms with Crippen molar-refractivity contribution in [2.24, 2.45) is 5.73 Å². The van der Waals surface area contributed by atoms with E-state index in [4.69, 9.17) is 5.73 Å². The second-order valence-electron chi connectivity index (χ2n) is 4.60. The van der Waals surface area contributed by atoms with Gasteiger partial charge in [-0.3, -0.25) is 19.8 Å². The fourth-order valence-corrected chi connectivity index (χ4v) is 2.14. The molecule has 1 aromatic rings. The first-order valence-electron chi connectivity index (χ1n) is 6.10. The van der Waals surface area contributed by atoms with E-state index in [-0.39, 0.29) is 18.5 Å². The van der Waals surface area contributed by atoms with Crippen LogP contribution in [0.2, 0.25) is 0 Å². The van der Waals surface area contributed by atoms with Gasteiger partial charge < -0.3 is 10.7 Å². The molecule has 1 atom stereocenters. The number of likely N-dealkylation sites (tertiary alicyclic amines) is 1. The van der Waals surface area contributed by atoms with Crippen LogP contribution in [-0.2, 0) is 4.79 Å². The fourth-order valence-electron chi connectivity index (χ4n) is 2.14. The van der Waals surface area contributed by atoms with Crippen LogP contribution >= 0.6 is 0 Å². The number of hydrogen-bond donors (Lipinski definition) is 3. The van der Waals surface area contributed by atoms with Crippen molar-refractivity contribution in [3.8, 4) is 0 Å². The molecule has 6 heteroatoms. The molecule has 0 unspecified atom stereocenters. The van der Waals surface area contributed by atoms with Crippen LogP contribution in [0.1, 0.15) is 23.3 Å². The highest BCUT2D eigenvalue weighted by atomic mass is 16.2. The summed E-state index contributed by atoms with van der Waals surface area (Å²) in [5.41, 5.74) is 6.22. The normalized spacial score (nSPS) is 20.6. The Labute approximate surface area is 106 Å². The SMILES string of the molecule is N[C@@H]1CCCN(CC(=O)NC(=O)c2ccc[nH]2)C1. The van der Waals surface area contributed by atoms with Crippen molar-refractivity contribution < 1.29 is 9.59 Å². The Morgan fingerprint density at radius 2 is 2.39 bits per heavy atom. The van der Waals surface area contributed by atoms with E-state index in [0.29, 0.717) is 12.2 Å². The Kier molecular flexibility index (Phi) is 4.11. The van der Waals surface area contributed by atoms with Crippen LogP contribution in [0.4, 0.5) is 0 Å². The van der Waals surface area contributed by atoms with E-state index in [2.05, 4.69) is 10.3 Å². The third-order valence-corrected chi connectivity index (χ3v) is 3.00. The third kappa shape index (κ3) is 3.41. The predicted molar refractivity (Wildman–Crippen MR) is 66.9 cm³/mol. The van der Waals surface area contributed by atoms with Gasteiger partial charge in [0.2, 0.25) is 5.91 Å². The van der Waals surface area contributed by atoms with Gasteiger partial charge in [-0.15, -0.1) is 0 Å². The van der Waals surface area contributed by atoms with Gasteiger partial charge in [0.15, 0.2) is 0 Å². The Morgan fingerprint density at radius 3 is 3.06 bits per heavy atom. The maximum atomic E-state index is 11.7. The number of carbonyl (C=O) groups excluding carboxylic acids is 2. The summed E-state index contributed by atoms with van der Waals surface area (Å²) in [5.74, 6) is -0.685. The van der Waals surface area contributed by atoms with Crippen molar-refractivity contribution in [3.05, 3.63) is 24.0 Å². The standard InChI is InChI=1S/C12H18N4O2/c13-9-3-2-6-16(7-9)8-11(17)15-12(18)10-4-1-5-14-10/h1,4-5,9,14H,2-3,6-8,13H2,(H,15,17,18)/t9-/m1/s1. The monoisotopic (exact) mass is 250 g/mol. The molecule has 0 aromatic carbocycles. The minimum absolute atomic E-state index is 0.130. The second-order valence-corrected chi connectivity index (χ2v) is 4.60. The summed E-state index contributed by atoms with van der Waals surface area (Å²) < 4.78 is 0. The Bertz CT molecular complexity index is 416. The van der Waals surface area contributed by atoms with Crippen LogP contribution in [0.25, 0.3) is 0 Å². The Balaban J connectivity index is 1.80. The molecule has 2 amide bonds. The van der Waals surface area contributed by atoms with Crippen LogP contribution in [-0.4, -0.2) is 47.4 Å². The predicted octanol–water partition coefficient (Wildman–Crippen LogP) is -0.306. The van der Waals surface area contributed by atoms with Crippen molar-refractivity contribution in [1.82, 2.24) is 15.2 Å². The highest BCUT2D eigenvalue weighted by Gasteiger charge is 2.20. The number of imide groups is 1. The second kappa shape index (κ2) is 5.79. The lowest BCUT2D eigenvalue weighted by molar-refractivity contribution is -0.121. The zero-order valence-electron chi connectivity index (χ0n) is 10.2. The summed E-state index contributed by atoms with van der Waals surface area (Å²) in [7, 11) is 0. The van der Waals surface area contributed by atoms with E-state index in [1.54, 1.807) is 18.3 Å². The van der Waals surface area contributed by atoms with Crippen LogP contribution in [0.3, 0.4) is 0 Å². The number of nitrogens with one attached hydrogen (secondary N) is 2. The molecule has 1 saturated heterocycles. The average molecular weight is 250 g/mol. The molecule has 1 aromatic heterocycles. The number of nitrogens with zero attached hydrogens (tertiary/aromatic N) is 1. The van der Waals surface area contributed by atoms with Crippen molar-refractivity contribution >= 4 is 11.8 Å². The number of H-pyrrole nitrogens is 1. The summed E-state index contributed by atoms with van der Waals surface area (Å²) in [6, 6.07) is 3.47. The number of amides is 2. The van der Waals surface area contributed by atoms with Gasteiger partial charge >= 0.3 is 0 Å². The molecule has 0 saturated carbocycles. The number of hydrogen-bond acceptors (Lipinski definition) is 4. The summed E-state index contributed by atoms with van der Waals surface area (Å²) in [5, 5.41) is 2.35. The maximum Gasteiger partial charge on any atom is 0.274 e. The summed E-state index contributed by atoms with van der Waals surface area (Å²) in [4.78, 5) is 28.0. The zero-order valence-corrected chi connectivity index (χ0v) is 10.2. The quantitative estimate of drug-likeness (QED) is 0.686. The number of rotatable bonds is 3. The molecule has 2 rings (SSSR count). The van der Waals surface area contributed by atoms with Gasteiger partial charge in [0, 0.05) is 18.8 Å². The topological polar surface area (TPSA) is 91.2 Å². The van der Waals surface area contributed by atoms with E-state index in [0.717, 1.165) is 19.4 Å². The lowest BCUT2D eigenvalue weighted by atomic mass is 10.1. The molecule has 2 heterocycles. The first-order chi connectivity index (χ1) is 8.65. The van der Waals surface area contributed by atoms with Gasteiger partial charge in [-0.25, -0.2) is 0 Å². The number of aromatic nitrogens is 1. The van der Waals surface area contributed by atoms with Crippen LogP contribution in [0, 0.1) is 0 Å². The lowest BCUT2D eigenvalue weighted by Crippen LogP contribution is -2.47. The van der Waals surface area contributed by atoms with E-state index in [1.165, 1.54) is 0 Å². The van der Waals surface area contributed by atoms with E-state index in [9.17, 15) is 9.59 Å². The molecule has 0 spiro atoms. The molecule has 1 aliphatic rings. The molecule has 18 heavy (non-hydrogen) atoms. The number of aromatic amines is 1. The van der Waals surface area contributed by atoms with Crippen LogP contribution in [0.15, 0.2) is 18.3 Å². The van der Waals surface area contributed by atoms with E-state index >= 15 is 0 Å². The van der Waals surface area contributed by atoms with Crippen LogP contribution < -0.4 is 11.1 Å². The molecule has 0 bridgehead atoms. The van der Waals surface area contributed by atoms with Gasteiger partial charge in [0.25, 0.3) is 5.91 Å². The van der Waals surface area contributed by atoms with Crippen molar-refractivity contribution in [2.45, 2.75) is 18.9 Å². The molecule has 98 valence electrons. The highest BCUT2D eigenvalue weighted by molar-refractivity contribution is 6.04. The third-order valence-electron chi connectivity index (χ3n) is 3.00. The van der Waals surface area contributed by atoms with Crippen molar-refractivity contribution in [2.75, 3.05) is 19.6 Å². The zero-order chi connectivity index (χ0) is 13.0. The summed E-state index contributed by atoms with van der Waals surface area (Å²) in [6.45, 7) is 1.79. The average Bonchev–Trinajstić information content (AvgIpc) is 2.81. The smallest absolute Gasteiger partial charge is 0.274 e. The molecule has 1 aliphatic heterocycles. The largest absolute Gasteiger partial charge is 0.357 e. The summed E-state index contributed by atoms with van der Waals surface area (Å²) >= 11 is 0. The molecular weight excluding hydrogens is 232 g/mol. The van der Waals surface area contributed by atoms with E-state index in [1.807, 2.05) is 4.90 Å². The van der Waals surface area contributed by atoms with Gasteiger partial charge in [0.05, 0.1) is 6.54 Å². The Morgan fingerprint density at radius 1 is 1.56 bits per heavy atom. The number of carbonyl (C=O) groups is 2. The summed E-state index contributed by atoms with van der Waals surface area (Å²) in [6.07, 6.45) is 3.64. The molecule has 0 radical (unpaired) electrons. The van der Waals surface area contributed by atoms with Crippen LogP contribution in [0.5, 0.6) is 0 Å². The minimum Gasteiger partial charge on any atom is -0.357 e. The number of nitrogens with two attached hydrogens (primary N) is 1. The first-order valence-corrected chi connectivity index (χ1v) is 6.10. The maximum absolute atomic E-state index is 11.7.